The Hall–Kier alpha value is -1.81. The molecule has 1 amide bonds. The number of hydrogen-bond donors (Lipinski definition) is 0. The Morgan fingerprint density at radius 2 is 2.23 bits per heavy atom. The fraction of sp³-hybridized carbons (Fsp3) is 0.412. The lowest BCUT2D eigenvalue weighted by atomic mass is 9.98. The first-order valence-corrected chi connectivity index (χ1v) is 8.10. The summed E-state index contributed by atoms with van der Waals surface area (Å²) in [6, 6.07) is 7.95. The minimum Gasteiger partial charge on any atom is -0.342 e. The van der Waals surface area contributed by atoms with Crippen LogP contribution < -0.4 is 0 Å². The molecule has 1 aromatic carbocycles. The second-order valence-corrected chi connectivity index (χ2v) is 6.16. The molecule has 0 spiro atoms. The van der Waals surface area contributed by atoms with E-state index in [4.69, 9.17) is 11.6 Å². The predicted octanol–water partition coefficient (Wildman–Crippen LogP) is 3.33. The molecule has 1 unspecified atom stereocenters. The number of nitrogens with zero attached hydrogens (tertiary/aromatic N) is 3. The van der Waals surface area contributed by atoms with Crippen LogP contribution in [0.4, 0.5) is 0 Å². The van der Waals surface area contributed by atoms with Crippen LogP contribution in [0.3, 0.4) is 0 Å². The van der Waals surface area contributed by atoms with Gasteiger partial charge in [-0.2, -0.15) is 0 Å². The van der Waals surface area contributed by atoms with Gasteiger partial charge in [0.05, 0.1) is 6.33 Å². The number of benzene rings is 1. The van der Waals surface area contributed by atoms with E-state index in [0.29, 0.717) is 12.3 Å². The minimum absolute atomic E-state index is 0.245. The number of carbonyl (C=O) groups excluding carboxylic acids is 1. The molecular formula is C17H20ClN3O. The molecule has 1 aliphatic rings. The van der Waals surface area contributed by atoms with Gasteiger partial charge in [-0.25, -0.2) is 4.98 Å². The summed E-state index contributed by atoms with van der Waals surface area (Å²) in [6.07, 6.45) is 7.91. The zero-order chi connectivity index (χ0) is 15.4. The van der Waals surface area contributed by atoms with Crippen LogP contribution in [0.1, 0.15) is 30.7 Å². The van der Waals surface area contributed by atoms with Gasteiger partial charge in [-0.05, 0) is 24.5 Å². The smallest absolute Gasteiger partial charge is 0.222 e. The van der Waals surface area contributed by atoms with Gasteiger partial charge in [-0.15, -0.1) is 0 Å². The van der Waals surface area contributed by atoms with Gasteiger partial charge in [0, 0.05) is 49.4 Å². The average Bonchev–Trinajstić information content (AvgIpc) is 3.19. The summed E-state index contributed by atoms with van der Waals surface area (Å²) in [5, 5.41) is 0.807. The molecule has 1 saturated heterocycles. The number of likely N-dealkylation sites (tertiary alicyclic amines) is 1. The minimum atomic E-state index is 0.245. The van der Waals surface area contributed by atoms with E-state index in [9.17, 15) is 4.79 Å². The number of aryl methyl sites for hydroxylation is 1. The maximum absolute atomic E-state index is 12.3. The van der Waals surface area contributed by atoms with Crippen molar-refractivity contribution in [3.05, 3.63) is 53.6 Å². The lowest BCUT2D eigenvalue weighted by Crippen LogP contribution is -2.28. The molecule has 5 heteroatoms. The first-order valence-electron chi connectivity index (χ1n) is 7.72. The number of carbonyl (C=O) groups is 1. The van der Waals surface area contributed by atoms with E-state index < -0.39 is 0 Å². The van der Waals surface area contributed by atoms with Crippen molar-refractivity contribution < 1.29 is 4.79 Å². The van der Waals surface area contributed by atoms with Gasteiger partial charge in [0.25, 0.3) is 0 Å². The van der Waals surface area contributed by atoms with Crippen molar-refractivity contribution in [3.63, 3.8) is 0 Å². The lowest BCUT2D eigenvalue weighted by molar-refractivity contribution is -0.130. The van der Waals surface area contributed by atoms with E-state index in [1.54, 1.807) is 12.5 Å². The quantitative estimate of drug-likeness (QED) is 0.848. The van der Waals surface area contributed by atoms with Gasteiger partial charge in [0.2, 0.25) is 5.91 Å². The summed E-state index contributed by atoms with van der Waals surface area (Å²) in [6.45, 7) is 2.46. The van der Waals surface area contributed by atoms with Crippen LogP contribution in [0.5, 0.6) is 0 Å². The third-order valence-corrected chi connectivity index (χ3v) is 4.60. The summed E-state index contributed by atoms with van der Waals surface area (Å²) in [7, 11) is 0. The summed E-state index contributed by atoms with van der Waals surface area (Å²) in [4.78, 5) is 18.3. The molecule has 1 atom stereocenters. The molecule has 0 saturated carbocycles. The summed E-state index contributed by atoms with van der Waals surface area (Å²) < 4.78 is 2.00. The first-order chi connectivity index (χ1) is 10.7. The van der Waals surface area contributed by atoms with Crippen LogP contribution in [-0.4, -0.2) is 33.4 Å². The lowest BCUT2D eigenvalue weighted by Gasteiger charge is -2.17. The van der Waals surface area contributed by atoms with Crippen LogP contribution in [-0.2, 0) is 11.3 Å². The Balaban J connectivity index is 1.49. The number of hydrogen-bond acceptors (Lipinski definition) is 2. The largest absolute Gasteiger partial charge is 0.342 e. The average molecular weight is 318 g/mol. The van der Waals surface area contributed by atoms with Gasteiger partial charge >= 0.3 is 0 Å². The van der Waals surface area contributed by atoms with Crippen molar-refractivity contribution in [1.82, 2.24) is 14.5 Å². The topological polar surface area (TPSA) is 38.1 Å². The first kappa shape index (κ1) is 15.1. The Morgan fingerprint density at radius 1 is 1.36 bits per heavy atom. The van der Waals surface area contributed by atoms with E-state index in [1.165, 1.54) is 0 Å². The molecular weight excluding hydrogens is 298 g/mol. The number of amides is 1. The third kappa shape index (κ3) is 3.50. The highest BCUT2D eigenvalue weighted by atomic mass is 35.5. The normalized spacial score (nSPS) is 17.9. The third-order valence-electron chi connectivity index (χ3n) is 4.25. The Bertz CT molecular complexity index is 627. The van der Waals surface area contributed by atoms with Crippen molar-refractivity contribution >= 4 is 17.5 Å². The van der Waals surface area contributed by atoms with Crippen LogP contribution >= 0.6 is 11.6 Å². The highest BCUT2D eigenvalue weighted by molar-refractivity contribution is 6.31. The van der Waals surface area contributed by atoms with E-state index in [1.807, 2.05) is 33.9 Å². The molecule has 22 heavy (non-hydrogen) atoms. The predicted molar refractivity (Wildman–Crippen MR) is 86.9 cm³/mol. The van der Waals surface area contributed by atoms with Crippen LogP contribution in [0.15, 0.2) is 43.0 Å². The fourth-order valence-electron chi connectivity index (χ4n) is 3.04. The van der Waals surface area contributed by atoms with Gasteiger partial charge in [0.1, 0.15) is 0 Å². The fourth-order valence-corrected chi connectivity index (χ4v) is 3.33. The van der Waals surface area contributed by atoms with Crippen molar-refractivity contribution in [3.8, 4) is 0 Å². The zero-order valence-electron chi connectivity index (χ0n) is 12.5. The molecule has 1 fully saturated rings. The molecule has 1 aromatic heterocycles. The molecule has 2 aromatic rings. The van der Waals surface area contributed by atoms with Crippen LogP contribution in [0.2, 0.25) is 5.02 Å². The number of imidazole rings is 1. The SMILES string of the molecule is O=C(CCCn1ccnc1)N1CCC(c2ccccc2Cl)C1. The number of rotatable bonds is 5. The highest BCUT2D eigenvalue weighted by Gasteiger charge is 2.27. The molecule has 4 nitrogen and oxygen atoms in total. The Labute approximate surface area is 135 Å². The molecule has 0 N–H and O–H groups in total. The second kappa shape index (κ2) is 6.97. The molecule has 2 heterocycles. The number of aromatic nitrogens is 2. The van der Waals surface area contributed by atoms with Gasteiger partial charge in [-0.3, -0.25) is 4.79 Å². The zero-order valence-corrected chi connectivity index (χ0v) is 13.2. The monoisotopic (exact) mass is 317 g/mol. The van der Waals surface area contributed by atoms with E-state index in [-0.39, 0.29) is 5.91 Å². The molecule has 0 radical (unpaired) electrons. The van der Waals surface area contributed by atoms with Crippen molar-refractivity contribution in [2.75, 3.05) is 13.1 Å². The Morgan fingerprint density at radius 3 is 3.00 bits per heavy atom. The maximum Gasteiger partial charge on any atom is 0.222 e. The summed E-state index contributed by atoms with van der Waals surface area (Å²) >= 11 is 6.26. The van der Waals surface area contributed by atoms with Crippen LogP contribution in [0.25, 0.3) is 0 Å². The van der Waals surface area contributed by atoms with E-state index in [0.717, 1.165) is 43.1 Å². The standard InChI is InChI=1S/C17H20ClN3O/c18-16-5-2-1-4-15(16)14-7-10-21(12-14)17(22)6-3-9-20-11-8-19-13-20/h1-2,4-5,8,11,13-14H,3,6-7,9-10,12H2. The van der Waals surface area contributed by atoms with Gasteiger partial charge in [0.15, 0.2) is 0 Å². The Kier molecular flexibility index (Phi) is 4.78. The van der Waals surface area contributed by atoms with Crippen molar-refractivity contribution in [2.24, 2.45) is 0 Å². The van der Waals surface area contributed by atoms with Crippen molar-refractivity contribution in [2.45, 2.75) is 31.7 Å². The molecule has 1 aliphatic heterocycles. The molecule has 0 bridgehead atoms. The summed E-state index contributed by atoms with van der Waals surface area (Å²) in [5.41, 5.74) is 1.16. The molecule has 116 valence electrons. The molecule has 3 rings (SSSR count). The molecule has 0 aliphatic carbocycles. The maximum atomic E-state index is 12.3. The summed E-state index contributed by atoms with van der Waals surface area (Å²) in [5.74, 6) is 0.612. The van der Waals surface area contributed by atoms with E-state index in [2.05, 4.69) is 11.1 Å². The highest BCUT2D eigenvalue weighted by Crippen LogP contribution is 2.32. The second-order valence-electron chi connectivity index (χ2n) is 5.75. The van der Waals surface area contributed by atoms with E-state index >= 15 is 0 Å². The van der Waals surface area contributed by atoms with Crippen molar-refractivity contribution in [1.29, 1.82) is 0 Å². The van der Waals surface area contributed by atoms with Gasteiger partial charge < -0.3 is 9.47 Å². The van der Waals surface area contributed by atoms with Gasteiger partial charge in [-0.1, -0.05) is 29.8 Å². The number of halogens is 1. The van der Waals surface area contributed by atoms with Crippen LogP contribution in [0, 0.1) is 0 Å².